The first-order chi connectivity index (χ1) is 8.28. The van der Waals surface area contributed by atoms with E-state index in [4.69, 9.17) is 0 Å². The molecule has 100 valence electrons. The average molecular weight is 261 g/mol. The highest BCUT2D eigenvalue weighted by Crippen LogP contribution is 2.12. The van der Waals surface area contributed by atoms with E-state index in [-0.39, 0.29) is 6.54 Å². The van der Waals surface area contributed by atoms with E-state index in [0.717, 1.165) is 10.6 Å². The molecular formula is C11H14F3N3O. The normalized spacial score (nSPS) is 11.2. The van der Waals surface area contributed by atoms with Gasteiger partial charge < -0.3 is 10.2 Å². The van der Waals surface area contributed by atoms with E-state index < -0.39 is 18.8 Å². The zero-order chi connectivity index (χ0) is 13.8. The monoisotopic (exact) mass is 261 g/mol. The summed E-state index contributed by atoms with van der Waals surface area (Å²) >= 11 is 0. The van der Waals surface area contributed by atoms with Gasteiger partial charge in [0.2, 0.25) is 0 Å². The molecule has 7 heteroatoms. The number of urea groups is 1. The summed E-state index contributed by atoms with van der Waals surface area (Å²) in [6.45, 7) is 0.621. The summed E-state index contributed by atoms with van der Waals surface area (Å²) in [5, 5.41) is 1.79. The van der Waals surface area contributed by atoms with Crippen LogP contribution in [0.1, 0.15) is 11.4 Å². The highest BCUT2D eigenvalue weighted by Gasteiger charge is 2.28. The van der Waals surface area contributed by atoms with Gasteiger partial charge in [-0.2, -0.15) is 13.2 Å². The van der Waals surface area contributed by atoms with Crippen molar-refractivity contribution in [3.63, 3.8) is 0 Å². The fourth-order valence-corrected chi connectivity index (χ4v) is 1.31. The van der Waals surface area contributed by atoms with Crippen molar-refractivity contribution >= 4 is 6.03 Å². The number of nitrogens with zero attached hydrogens (tertiary/aromatic N) is 2. The van der Waals surface area contributed by atoms with Crippen LogP contribution in [-0.2, 0) is 6.54 Å². The van der Waals surface area contributed by atoms with Gasteiger partial charge in [0.1, 0.15) is 6.54 Å². The number of amides is 2. The molecule has 0 radical (unpaired) electrons. The van der Waals surface area contributed by atoms with Crippen molar-refractivity contribution in [2.24, 2.45) is 0 Å². The molecule has 0 saturated carbocycles. The van der Waals surface area contributed by atoms with E-state index in [2.05, 4.69) is 4.98 Å². The Hall–Kier alpha value is -1.79. The molecule has 0 saturated heterocycles. The first-order valence-corrected chi connectivity index (χ1v) is 5.26. The number of carbonyl (C=O) groups excluding carboxylic acids is 1. The fraction of sp³-hybridized carbons (Fsp3) is 0.455. The third kappa shape index (κ3) is 5.03. The van der Waals surface area contributed by atoms with Gasteiger partial charge in [0, 0.05) is 12.7 Å². The number of pyridine rings is 1. The highest BCUT2D eigenvalue weighted by molar-refractivity contribution is 5.73. The average Bonchev–Trinajstić information content (AvgIpc) is 2.24. The third-order valence-corrected chi connectivity index (χ3v) is 2.13. The number of alkyl halides is 3. The molecule has 1 N–H and O–H groups in total. The smallest absolute Gasteiger partial charge is 0.329 e. The zero-order valence-electron chi connectivity index (χ0n) is 10.1. The predicted octanol–water partition coefficient (Wildman–Crippen LogP) is 2.09. The van der Waals surface area contributed by atoms with Crippen LogP contribution in [-0.4, -0.2) is 35.7 Å². The largest absolute Gasteiger partial charge is 0.405 e. The van der Waals surface area contributed by atoms with Gasteiger partial charge in [-0.05, 0) is 19.1 Å². The SMILES string of the molecule is Cc1cccc(CN(C)C(=O)NCC(F)(F)F)n1. The second-order valence-corrected chi connectivity index (χ2v) is 3.90. The van der Waals surface area contributed by atoms with Crippen molar-refractivity contribution in [1.82, 2.24) is 15.2 Å². The molecule has 1 aromatic heterocycles. The molecule has 0 aliphatic carbocycles. The third-order valence-electron chi connectivity index (χ3n) is 2.13. The molecule has 1 aromatic rings. The van der Waals surface area contributed by atoms with Crippen molar-refractivity contribution in [2.75, 3.05) is 13.6 Å². The van der Waals surface area contributed by atoms with Crippen LogP contribution in [0.4, 0.5) is 18.0 Å². The number of aryl methyl sites for hydroxylation is 1. The maximum absolute atomic E-state index is 11.9. The summed E-state index contributed by atoms with van der Waals surface area (Å²) in [6, 6.07) is 4.50. The molecule has 0 unspecified atom stereocenters. The van der Waals surface area contributed by atoms with E-state index in [9.17, 15) is 18.0 Å². The number of halogens is 3. The maximum Gasteiger partial charge on any atom is 0.405 e. The van der Waals surface area contributed by atoms with Gasteiger partial charge in [-0.3, -0.25) is 4.98 Å². The Bertz CT molecular complexity index is 420. The molecule has 1 heterocycles. The second-order valence-electron chi connectivity index (χ2n) is 3.90. The van der Waals surface area contributed by atoms with E-state index in [1.54, 1.807) is 30.4 Å². The molecular weight excluding hydrogens is 247 g/mol. The highest BCUT2D eigenvalue weighted by atomic mass is 19.4. The molecule has 18 heavy (non-hydrogen) atoms. The van der Waals surface area contributed by atoms with E-state index in [1.807, 2.05) is 0 Å². The van der Waals surface area contributed by atoms with Crippen LogP contribution in [0.5, 0.6) is 0 Å². The molecule has 1 rings (SSSR count). The summed E-state index contributed by atoms with van der Waals surface area (Å²) < 4.78 is 35.7. The van der Waals surface area contributed by atoms with Gasteiger partial charge >= 0.3 is 12.2 Å². The molecule has 0 atom stereocenters. The quantitative estimate of drug-likeness (QED) is 0.905. The van der Waals surface area contributed by atoms with Crippen LogP contribution in [0.2, 0.25) is 0 Å². The first kappa shape index (κ1) is 14.3. The van der Waals surface area contributed by atoms with Gasteiger partial charge in [0.25, 0.3) is 0 Å². The molecule has 0 fully saturated rings. The van der Waals surface area contributed by atoms with Crippen molar-refractivity contribution in [2.45, 2.75) is 19.6 Å². The van der Waals surface area contributed by atoms with Gasteiger partial charge in [0.05, 0.1) is 12.2 Å². The van der Waals surface area contributed by atoms with E-state index in [0.29, 0.717) is 5.69 Å². The van der Waals surface area contributed by atoms with Crippen molar-refractivity contribution in [3.05, 3.63) is 29.6 Å². The first-order valence-electron chi connectivity index (χ1n) is 5.26. The Labute approximate surface area is 103 Å². The molecule has 2 amide bonds. The van der Waals surface area contributed by atoms with Crippen LogP contribution < -0.4 is 5.32 Å². The Morgan fingerprint density at radius 1 is 1.44 bits per heavy atom. The molecule has 0 bridgehead atoms. The number of hydrogen-bond donors (Lipinski definition) is 1. The number of nitrogens with one attached hydrogen (secondary N) is 1. The number of rotatable bonds is 3. The van der Waals surface area contributed by atoms with Crippen molar-refractivity contribution in [3.8, 4) is 0 Å². The van der Waals surface area contributed by atoms with Crippen LogP contribution in [0.15, 0.2) is 18.2 Å². The van der Waals surface area contributed by atoms with E-state index >= 15 is 0 Å². The summed E-state index contributed by atoms with van der Waals surface area (Å²) in [5.41, 5.74) is 1.41. The number of aromatic nitrogens is 1. The van der Waals surface area contributed by atoms with Crippen LogP contribution in [0.25, 0.3) is 0 Å². The molecule has 0 aliphatic rings. The summed E-state index contributed by atoms with van der Waals surface area (Å²) in [4.78, 5) is 16.7. The second kappa shape index (κ2) is 5.70. The Morgan fingerprint density at radius 3 is 2.67 bits per heavy atom. The minimum absolute atomic E-state index is 0.158. The lowest BCUT2D eigenvalue weighted by Gasteiger charge is -2.18. The maximum atomic E-state index is 11.9. The van der Waals surface area contributed by atoms with Crippen LogP contribution in [0, 0.1) is 6.92 Å². The molecule has 0 aliphatic heterocycles. The lowest BCUT2D eigenvalue weighted by Crippen LogP contribution is -2.41. The summed E-state index contributed by atoms with van der Waals surface area (Å²) in [7, 11) is 1.41. The minimum Gasteiger partial charge on any atom is -0.329 e. The van der Waals surface area contributed by atoms with Crippen LogP contribution >= 0.6 is 0 Å². The van der Waals surface area contributed by atoms with Crippen LogP contribution in [0.3, 0.4) is 0 Å². The Morgan fingerprint density at radius 2 is 2.11 bits per heavy atom. The Kier molecular flexibility index (Phi) is 4.52. The van der Waals surface area contributed by atoms with Gasteiger partial charge in [-0.15, -0.1) is 0 Å². The van der Waals surface area contributed by atoms with Crippen molar-refractivity contribution < 1.29 is 18.0 Å². The lowest BCUT2D eigenvalue weighted by atomic mass is 10.3. The fourth-order valence-electron chi connectivity index (χ4n) is 1.31. The number of hydrogen-bond acceptors (Lipinski definition) is 2. The van der Waals surface area contributed by atoms with Gasteiger partial charge in [-0.1, -0.05) is 6.07 Å². The van der Waals surface area contributed by atoms with E-state index in [1.165, 1.54) is 7.05 Å². The topological polar surface area (TPSA) is 45.2 Å². The summed E-state index contributed by atoms with van der Waals surface area (Å²) in [6.07, 6.45) is -4.40. The predicted molar refractivity (Wildman–Crippen MR) is 59.9 cm³/mol. The Balaban J connectivity index is 2.50. The van der Waals surface area contributed by atoms with Gasteiger partial charge in [0.15, 0.2) is 0 Å². The number of carbonyl (C=O) groups is 1. The van der Waals surface area contributed by atoms with Gasteiger partial charge in [-0.25, -0.2) is 4.79 Å². The lowest BCUT2D eigenvalue weighted by molar-refractivity contribution is -0.123. The summed E-state index contributed by atoms with van der Waals surface area (Å²) in [5.74, 6) is 0. The zero-order valence-corrected chi connectivity index (χ0v) is 10.1. The molecule has 4 nitrogen and oxygen atoms in total. The minimum atomic E-state index is -4.40. The molecule has 0 spiro atoms. The van der Waals surface area contributed by atoms with Crippen molar-refractivity contribution in [1.29, 1.82) is 0 Å². The standard InChI is InChI=1S/C11H14F3N3O/c1-8-4-3-5-9(16-8)6-17(2)10(18)15-7-11(12,13)14/h3-5H,6-7H2,1-2H3,(H,15,18). The molecule has 0 aromatic carbocycles.